The lowest BCUT2D eigenvalue weighted by Gasteiger charge is -2.26. The molecule has 4 N–H and O–H groups in total. The molecule has 2 fully saturated rings. The lowest BCUT2D eigenvalue weighted by molar-refractivity contribution is -0.141. The third kappa shape index (κ3) is 7.60. The van der Waals surface area contributed by atoms with E-state index in [1.165, 1.54) is 14.2 Å². The molecular weight excluding hydrogens is 540 g/mol. The zero-order valence-electron chi connectivity index (χ0n) is 24.3. The van der Waals surface area contributed by atoms with Crippen molar-refractivity contribution < 1.29 is 38.9 Å². The highest BCUT2D eigenvalue weighted by Gasteiger charge is 2.39. The number of benzene rings is 2. The van der Waals surface area contributed by atoms with Crippen molar-refractivity contribution in [3.63, 3.8) is 0 Å². The van der Waals surface area contributed by atoms with Crippen molar-refractivity contribution in [2.75, 3.05) is 24.9 Å². The van der Waals surface area contributed by atoms with Crippen LogP contribution in [0.3, 0.4) is 0 Å². The molecule has 0 bridgehead atoms. The first-order valence-corrected chi connectivity index (χ1v) is 14.5. The van der Waals surface area contributed by atoms with E-state index in [1.807, 2.05) is 12.1 Å². The second kappa shape index (κ2) is 13.3. The number of hydrogen-bond donors (Lipinski definition) is 4. The molecular formula is C32H40N2O8. The van der Waals surface area contributed by atoms with Crippen LogP contribution in [0, 0.1) is 10.8 Å². The van der Waals surface area contributed by atoms with Gasteiger partial charge in [-0.15, -0.1) is 0 Å². The summed E-state index contributed by atoms with van der Waals surface area (Å²) >= 11 is 0. The van der Waals surface area contributed by atoms with Crippen LogP contribution in [-0.2, 0) is 19.2 Å². The van der Waals surface area contributed by atoms with Crippen LogP contribution < -0.4 is 20.1 Å². The molecule has 0 aromatic heterocycles. The van der Waals surface area contributed by atoms with Gasteiger partial charge in [-0.05, 0) is 71.9 Å². The van der Waals surface area contributed by atoms with Crippen LogP contribution in [0.2, 0.25) is 0 Å². The molecule has 2 aliphatic rings. The third-order valence-electron chi connectivity index (χ3n) is 8.74. The fraction of sp³-hybridized carbons (Fsp3) is 0.500. The van der Waals surface area contributed by atoms with Gasteiger partial charge in [-0.3, -0.25) is 19.2 Å². The molecule has 2 amide bonds. The second-order valence-corrected chi connectivity index (χ2v) is 11.8. The van der Waals surface area contributed by atoms with Gasteiger partial charge in [-0.1, -0.05) is 37.8 Å². The SMILES string of the molecule is COc1cc(-c2ccc(NC(=O)CC3(CC(=O)O)CCCC3)c(OC)c2)ccc1NC(=O)CC1(CC(=O)O)CCCC1. The number of aliphatic carboxylic acids is 2. The molecule has 0 atom stereocenters. The molecule has 0 aliphatic heterocycles. The molecule has 0 unspecified atom stereocenters. The van der Waals surface area contributed by atoms with Crippen LogP contribution in [0.5, 0.6) is 11.5 Å². The first kappa shape index (κ1) is 30.9. The maximum absolute atomic E-state index is 12.9. The minimum atomic E-state index is -0.886. The summed E-state index contributed by atoms with van der Waals surface area (Å²) in [6.07, 6.45) is 6.87. The summed E-state index contributed by atoms with van der Waals surface area (Å²) in [6, 6.07) is 10.8. The Kier molecular flexibility index (Phi) is 9.75. The fourth-order valence-corrected chi connectivity index (χ4v) is 6.74. The normalized spacial score (nSPS) is 16.9. The second-order valence-electron chi connectivity index (χ2n) is 11.8. The lowest BCUT2D eigenvalue weighted by Crippen LogP contribution is -2.27. The van der Waals surface area contributed by atoms with Gasteiger partial charge in [0.05, 0.1) is 38.4 Å². The Morgan fingerprint density at radius 2 is 1.00 bits per heavy atom. The molecule has 2 saturated carbocycles. The van der Waals surface area contributed by atoms with E-state index in [-0.39, 0.29) is 37.5 Å². The van der Waals surface area contributed by atoms with E-state index >= 15 is 0 Å². The van der Waals surface area contributed by atoms with Crippen LogP contribution in [0.15, 0.2) is 36.4 Å². The van der Waals surface area contributed by atoms with E-state index in [9.17, 15) is 29.4 Å². The Balaban J connectivity index is 1.46. The van der Waals surface area contributed by atoms with Crippen LogP contribution in [0.1, 0.15) is 77.0 Å². The van der Waals surface area contributed by atoms with Crippen LogP contribution >= 0.6 is 0 Å². The first-order chi connectivity index (χ1) is 20.1. The number of carbonyl (C=O) groups is 4. The molecule has 2 aliphatic carbocycles. The van der Waals surface area contributed by atoms with Gasteiger partial charge >= 0.3 is 11.9 Å². The number of anilines is 2. The van der Waals surface area contributed by atoms with E-state index in [0.717, 1.165) is 62.5 Å². The van der Waals surface area contributed by atoms with E-state index in [4.69, 9.17) is 9.47 Å². The highest BCUT2D eigenvalue weighted by Crippen LogP contribution is 2.46. The molecule has 0 spiro atoms. The number of hydrogen-bond acceptors (Lipinski definition) is 6. The number of nitrogens with one attached hydrogen (secondary N) is 2. The van der Waals surface area contributed by atoms with E-state index in [0.29, 0.717) is 22.9 Å². The van der Waals surface area contributed by atoms with Crippen molar-refractivity contribution in [1.29, 1.82) is 0 Å². The fourth-order valence-electron chi connectivity index (χ4n) is 6.74. The Bertz CT molecular complexity index is 1220. The van der Waals surface area contributed by atoms with Gasteiger partial charge < -0.3 is 30.3 Å². The average molecular weight is 581 g/mol. The van der Waals surface area contributed by atoms with Gasteiger partial charge in [0, 0.05) is 12.8 Å². The van der Waals surface area contributed by atoms with E-state index < -0.39 is 22.8 Å². The van der Waals surface area contributed by atoms with Crippen molar-refractivity contribution in [2.45, 2.75) is 77.0 Å². The summed E-state index contributed by atoms with van der Waals surface area (Å²) < 4.78 is 11.1. The molecule has 10 nitrogen and oxygen atoms in total. The quantitative estimate of drug-likeness (QED) is 0.222. The summed E-state index contributed by atoms with van der Waals surface area (Å²) in [6.45, 7) is 0. The molecule has 0 heterocycles. The number of amides is 2. The molecule has 2 aromatic carbocycles. The molecule has 0 saturated heterocycles. The molecule has 42 heavy (non-hydrogen) atoms. The van der Waals surface area contributed by atoms with Gasteiger partial charge in [0.25, 0.3) is 0 Å². The van der Waals surface area contributed by atoms with Gasteiger partial charge in [0.2, 0.25) is 11.8 Å². The van der Waals surface area contributed by atoms with Gasteiger partial charge in [0.1, 0.15) is 11.5 Å². The van der Waals surface area contributed by atoms with Crippen molar-refractivity contribution in [2.24, 2.45) is 10.8 Å². The van der Waals surface area contributed by atoms with Crippen molar-refractivity contribution >= 4 is 35.1 Å². The minimum Gasteiger partial charge on any atom is -0.495 e. The number of carboxylic acid groups (broad SMARTS) is 2. The maximum atomic E-state index is 12.9. The summed E-state index contributed by atoms with van der Waals surface area (Å²) in [5, 5.41) is 24.5. The first-order valence-electron chi connectivity index (χ1n) is 14.5. The third-order valence-corrected chi connectivity index (χ3v) is 8.74. The van der Waals surface area contributed by atoms with Gasteiger partial charge in [-0.25, -0.2) is 0 Å². The standard InChI is InChI=1S/C32H40N2O8/c1-41-25-15-21(7-9-23(25)33-27(35)17-31(19-29(37)38)11-3-4-12-31)22-8-10-24(26(16-22)42-2)34-28(36)18-32(20-30(39)40)13-5-6-14-32/h7-10,15-16H,3-6,11-14,17-20H2,1-2H3,(H,33,35)(H,34,36)(H,37,38)(H,39,40). The highest BCUT2D eigenvalue weighted by molar-refractivity contribution is 5.95. The average Bonchev–Trinajstić information content (AvgIpc) is 3.57. The summed E-state index contributed by atoms with van der Waals surface area (Å²) in [7, 11) is 3.02. The predicted molar refractivity (Wildman–Crippen MR) is 158 cm³/mol. The van der Waals surface area contributed by atoms with E-state index in [1.54, 1.807) is 24.3 Å². The minimum absolute atomic E-state index is 0.0159. The smallest absolute Gasteiger partial charge is 0.303 e. The topological polar surface area (TPSA) is 151 Å². The number of methoxy groups -OCH3 is 2. The molecule has 226 valence electrons. The zero-order valence-corrected chi connectivity index (χ0v) is 24.3. The number of carboxylic acids is 2. The Hall–Kier alpha value is -4.08. The van der Waals surface area contributed by atoms with Crippen LogP contribution in [0.25, 0.3) is 11.1 Å². The molecule has 10 heteroatoms. The summed E-state index contributed by atoms with van der Waals surface area (Å²) in [5.41, 5.74) is 1.56. The lowest BCUT2D eigenvalue weighted by atomic mass is 9.79. The van der Waals surface area contributed by atoms with Crippen molar-refractivity contribution in [1.82, 2.24) is 0 Å². The maximum Gasteiger partial charge on any atom is 0.303 e. The number of rotatable bonds is 13. The monoisotopic (exact) mass is 580 g/mol. The van der Waals surface area contributed by atoms with Gasteiger partial charge in [-0.2, -0.15) is 0 Å². The van der Waals surface area contributed by atoms with E-state index in [2.05, 4.69) is 10.6 Å². The molecule has 2 aromatic rings. The molecule has 0 radical (unpaired) electrons. The summed E-state index contributed by atoms with van der Waals surface area (Å²) in [4.78, 5) is 48.7. The Morgan fingerprint density at radius 1 is 0.643 bits per heavy atom. The van der Waals surface area contributed by atoms with Gasteiger partial charge in [0.15, 0.2) is 0 Å². The Labute approximate surface area is 245 Å². The van der Waals surface area contributed by atoms with Crippen molar-refractivity contribution in [3.05, 3.63) is 36.4 Å². The largest absolute Gasteiger partial charge is 0.495 e. The number of carbonyl (C=O) groups excluding carboxylic acids is 2. The zero-order chi connectivity index (χ0) is 30.3. The molecule has 4 rings (SSSR count). The van der Waals surface area contributed by atoms with Crippen molar-refractivity contribution in [3.8, 4) is 22.6 Å². The highest BCUT2D eigenvalue weighted by atomic mass is 16.5. The Morgan fingerprint density at radius 3 is 1.31 bits per heavy atom. The predicted octanol–water partition coefficient (Wildman–Crippen LogP) is 6.10. The van der Waals surface area contributed by atoms with Crippen LogP contribution in [-0.4, -0.2) is 48.2 Å². The summed E-state index contributed by atoms with van der Waals surface area (Å²) in [5.74, 6) is -1.35. The van der Waals surface area contributed by atoms with Crippen LogP contribution in [0.4, 0.5) is 11.4 Å². The number of ether oxygens (including phenoxy) is 2.